The molecule has 17 heavy (non-hydrogen) atoms. The third kappa shape index (κ3) is 3.68. The van der Waals surface area contributed by atoms with Crippen molar-refractivity contribution in [3.8, 4) is 0 Å². The number of ether oxygens (including phenoxy) is 1. The van der Waals surface area contributed by atoms with Crippen molar-refractivity contribution >= 4 is 5.91 Å². The quantitative estimate of drug-likeness (QED) is 0.810. The van der Waals surface area contributed by atoms with Gasteiger partial charge in [0.25, 0.3) is 0 Å². The lowest BCUT2D eigenvalue weighted by Crippen LogP contribution is -2.57. The maximum absolute atomic E-state index is 12.3. The minimum absolute atomic E-state index is 0.0398. The molecule has 0 radical (unpaired) electrons. The Morgan fingerprint density at radius 1 is 1.47 bits per heavy atom. The summed E-state index contributed by atoms with van der Waals surface area (Å²) in [7, 11) is 0. The number of hydrogen-bond acceptors (Lipinski definition) is 3. The molecule has 0 saturated carbocycles. The highest BCUT2D eigenvalue weighted by molar-refractivity contribution is 5.79. The van der Waals surface area contributed by atoms with Gasteiger partial charge in [-0.25, -0.2) is 0 Å². The smallest absolute Gasteiger partial charge is 0.225 e. The van der Waals surface area contributed by atoms with Crippen LogP contribution in [-0.4, -0.2) is 42.1 Å². The highest BCUT2D eigenvalue weighted by atomic mass is 16.5. The molecule has 0 spiro atoms. The molecular formula is C13H26N2O2. The third-order valence-corrected chi connectivity index (χ3v) is 3.45. The highest BCUT2D eigenvalue weighted by Crippen LogP contribution is 2.23. The molecule has 0 aromatic rings. The average molecular weight is 242 g/mol. The van der Waals surface area contributed by atoms with Crippen LogP contribution in [0.3, 0.4) is 0 Å². The van der Waals surface area contributed by atoms with E-state index in [4.69, 9.17) is 10.5 Å². The number of morpholine rings is 1. The summed E-state index contributed by atoms with van der Waals surface area (Å²) in [6.07, 6.45) is -0.0398. The van der Waals surface area contributed by atoms with Crippen LogP contribution in [0.4, 0.5) is 0 Å². The lowest BCUT2D eigenvalue weighted by Gasteiger charge is -2.43. The summed E-state index contributed by atoms with van der Waals surface area (Å²) in [5.41, 5.74) is 5.36. The fourth-order valence-corrected chi connectivity index (χ4v) is 2.16. The first-order chi connectivity index (χ1) is 7.76. The zero-order chi connectivity index (χ0) is 13.2. The predicted octanol–water partition coefficient (Wildman–Crippen LogP) is 1.24. The first kappa shape index (κ1) is 14.5. The molecule has 1 aliphatic heterocycles. The van der Waals surface area contributed by atoms with E-state index in [2.05, 4.69) is 13.8 Å². The van der Waals surface area contributed by atoms with Gasteiger partial charge in [-0.3, -0.25) is 4.79 Å². The summed E-state index contributed by atoms with van der Waals surface area (Å²) in [5, 5.41) is 0. The molecular weight excluding hydrogens is 216 g/mol. The molecule has 0 bridgehead atoms. The Bertz CT molecular complexity index is 277. The van der Waals surface area contributed by atoms with Crippen LogP contribution < -0.4 is 5.73 Å². The van der Waals surface area contributed by atoms with Crippen LogP contribution in [0.5, 0.6) is 0 Å². The largest absolute Gasteiger partial charge is 0.367 e. The topological polar surface area (TPSA) is 55.6 Å². The van der Waals surface area contributed by atoms with E-state index < -0.39 is 0 Å². The number of nitrogens with two attached hydrogens (primary N) is 1. The van der Waals surface area contributed by atoms with Gasteiger partial charge in [0.05, 0.1) is 11.7 Å². The van der Waals surface area contributed by atoms with Crippen LogP contribution in [0.1, 0.15) is 34.6 Å². The van der Waals surface area contributed by atoms with Gasteiger partial charge in [0.2, 0.25) is 5.91 Å². The van der Waals surface area contributed by atoms with Crippen LogP contribution in [0.2, 0.25) is 0 Å². The summed E-state index contributed by atoms with van der Waals surface area (Å²) in [6, 6.07) is 0. The molecule has 100 valence electrons. The van der Waals surface area contributed by atoms with E-state index >= 15 is 0 Å². The maximum Gasteiger partial charge on any atom is 0.225 e. The van der Waals surface area contributed by atoms with Crippen molar-refractivity contribution in [1.82, 2.24) is 4.90 Å². The molecule has 0 aromatic heterocycles. The molecule has 1 fully saturated rings. The summed E-state index contributed by atoms with van der Waals surface area (Å²) >= 11 is 0. The van der Waals surface area contributed by atoms with Crippen molar-refractivity contribution in [2.24, 2.45) is 17.6 Å². The monoisotopic (exact) mass is 242 g/mol. The van der Waals surface area contributed by atoms with Crippen molar-refractivity contribution in [2.75, 3.05) is 19.6 Å². The van der Waals surface area contributed by atoms with Crippen molar-refractivity contribution in [3.63, 3.8) is 0 Å². The van der Waals surface area contributed by atoms with E-state index in [1.165, 1.54) is 0 Å². The molecule has 0 aliphatic carbocycles. The van der Waals surface area contributed by atoms with Gasteiger partial charge in [-0.1, -0.05) is 20.8 Å². The van der Waals surface area contributed by atoms with Crippen molar-refractivity contribution in [2.45, 2.75) is 46.3 Å². The number of nitrogens with zero attached hydrogens (tertiary/aromatic N) is 1. The Kier molecular flexibility index (Phi) is 4.55. The van der Waals surface area contributed by atoms with Gasteiger partial charge in [-0.15, -0.1) is 0 Å². The number of hydrogen-bond donors (Lipinski definition) is 1. The van der Waals surface area contributed by atoms with Gasteiger partial charge < -0.3 is 15.4 Å². The second-order valence-electron chi connectivity index (χ2n) is 5.99. The zero-order valence-corrected chi connectivity index (χ0v) is 11.7. The number of amides is 1. The Morgan fingerprint density at radius 3 is 2.53 bits per heavy atom. The molecule has 1 saturated heterocycles. The SMILES string of the molecule is CC(C)C(C)C(=O)N1CC(CN)OC(C)(C)C1. The van der Waals surface area contributed by atoms with Crippen molar-refractivity contribution in [1.29, 1.82) is 0 Å². The van der Waals surface area contributed by atoms with Crippen LogP contribution in [0.15, 0.2) is 0 Å². The van der Waals surface area contributed by atoms with Gasteiger partial charge in [0.1, 0.15) is 0 Å². The minimum Gasteiger partial charge on any atom is -0.367 e. The van der Waals surface area contributed by atoms with E-state index in [1.54, 1.807) is 0 Å². The molecule has 0 aromatic carbocycles. The Morgan fingerprint density at radius 2 is 2.06 bits per heavy atom. The molecule has 2 atom stereocenters. The van der Waals surface area contributed by atoms with Crippen molar-refractivity contribution in [3.05, 3.63) is 0 Å². The van der Waals surface area contributed by atoms with Crippen LogP contribution in [-0.2, 0) is 9.53 Å². The van der Waals surface area contributed by atoms with E-state index in [9.17, 15) is 4.79 Å². The maximum atomic E-state index is 12.3. The second-order valence-corrected chi connectivity index (χ2v) is 5.99. The van der Waals surface area contributed by atoms with E-state index in [0.717, 1.165) is 0 Å². The van der Waals surface area contributed by atoms with E-state index in [-0.39, 0.29) is 23.5 Å². The van der Waals surface area contributed by atoms with Gasteiger partial charge in [-0.2, -0.15) is 0 Å². The molecule has 1 rings (SSSR count). The van der Waals surface area contributed by atoms with Gasteiger partial charge in [0, 0.05) is 25.6 Å². The first-order valence-corrected chi connectivity index (χ1v) is 6.43. The first-order valence-electron chi connectivity index (χ1n) is 6.43. The van der Waals surface area contributed by atoms with E-state index in [1.807, 2.05) is 25.7 Å². The molecule has 4 heteroatoms. The average Bonchev–Trinajstić information content (AvgIpc) is 2.24. The lowest BCUT2D eigenvalue weighted by molar-refractivity contribution is -0.163. The highest BCUT2D eigenvalue weighted by Gasteiger charge is 2.36. The van der Waals surface area contributed by atoms with Crippen LogP contribution in [0.25, 0.3) is 0 Å². The fraction of sp³-hybridized carbons (Fsp3) is 0.923. The third-order valence-electron chi connectivity index (χ3n) is 3.45. The molecule has 1 heterocycles. The Labute approximate surface area is 104 Å². The summed E-state index contributed by atoms with van der Waals surface area (Å²) < 4.78 is 5.82. The Hall–Kier alpha value is -0.610. The van der Waals surface area contributed by atoms with Crippen LogP contribution in [0, 0.1) is 11.8 Å². The number of rotatable bonds is 3. The zero-order valence-electron chi connectivity index (χ0n) is 11.7. The fourth-order valence-electron chi connectivity index (χ4n) is 2.16. The minimum atomic E-state index is -0.297. The second kappa shape index (κ2) is 5.36. The Balaban J connectivity index is 2.73. The molecule has 1 amide bonds. The number of carbonyl (C=O) groups excluding carboxylic acids is 1. The lowest BCUT2D eigenvalue weighted by atomic mass is 9.95. The van der Waals surface area contributed by atoms with Gasteiger partial charge in [0.15, 0.2) is 0 Å². The normalized spacial score (nSPS) is 26.1. The molecule has 2 N–H and O–H groups in total. The predicted molar refractivity (Wildman–Crippen MR) is 68.6 cm³/mol. The summed E-state index contributed by atoms with van der Waals surface area (Å²) in [4.78, 5) is 14.2. The standard InChI is InChI=1S/C13H26N2O2/c1-9(2)10(3)12(16)15-7-11(6-14)17-13(4,5)8-15/h9-11H,6-8,14H2,1-5H3. The summed E-state index contributed by atoms with van der Waals surface area (Å²) in [6.45, 7) is 11.9. The van der Waals surface area contributed by atoms with Crippen molar-refractivity contribution < 1.29 is 9.53 Å². The van der Waals surface area contributed by atoms with E-state index in [0.29, 0.717) is 25.6 Å². The number of carbonyl (C=O) groups is 1. The molecule has 4 nitrogen and oxygen atoms in total. The molecule has 1 aliphatic rings. The van der Waals surface area contributed by atoms with Gasteiger partial charge >= 0.3 is 0 Å². The van der Waals surface area contributed by atoms with Crippen LogP contribution >= 0.6 is 0 Å². The molecule has 2 unspecified atom stereocenters. The summed E-state index contributed by atoms with van der Waals surface area (Å²) in [5.74, 6) is 0.641. The van der Waals surface area contributed by atoms with Gasteiger partial charge in [-0.05, 0) is 19.8 Å².